The van der Waals surface area contributed by atoms with Crippen LogP contribution in [0.3, 0.4) is 0 Å². The third-order valence-corrected chi connectivity index (χ3v) is 6.31. The summed E-state index contributed by atoms with van der Waals surface area (Å²) in [6, 6.07) is 16.4. The average Bonchev–Trinajstić information content (AvgIpc) is 3.40. The topological polar surface area (TPSA) is 91.3 Å². The molecule has 154 valence electrons. The van der Waals surface area contributed by atoms with Crippen LogP contribution >= 0.6 is 11.3 Å². The molecule has 0 bridgehead atoms. The Kier molecular flexibility index (Phi) is 6.09. The minimum absolute atomic E-state index is 0.212. The molecule has 1 heterocycles. The molecule has 0 fully saturated rings. The van der Waals surface area contributed by atoms with Gasteiger partial charge in [-0.15, -0.1) is 11.3 Å². The highest BCUT2D eigenvalue weighted by atomic mass is 32.1. The van der Waals surface area contributed by atoms with Gasteiger partial charge in [-0.2, -0.15) is 0 Å². The lowest BCUT2D eigenvalue weighted by Gasteiger charge is -2.22. The molecular formula is C23H23N3O3S. The Morgan fingerprint density at radius 2 is 1.90 bits per heavy atom. The number of nitrogens with zero attached hydrogens (tertiary/aromatic N) is 1. The second-order valence-corrected chi connectivity index (χ2v) is 8.18. The molecule has 3 aromatic rings. The Bertz CT molecular complexity index is 1030. The SMILES string of the molecule is O=C(NCCc1csc(-c2ccccc2)n1)NC(C(=O)O)C1CCc2ccccc21. The maximum absolute atomic E-state index is 12.3. The van der Waals surface area contributed by atoms with Crippen LogP contribution in [0, 0.1) is 0 Å². The number of aromatic nitrogens is 1. The van der Waals surface area contributed by atoms with E-state index in [2.05, 4.69) is 15.6 Å². The van der Waals surface area contributed by atoms with Gasteiger partial charge in [-0.1, -0.05) is 54.6 Å². The number of carbonyl (C=O) groups is 2. The lowest BCUT2D eigenvalue weighted by atomic mass is 9.93. The van der Waals surface area contributed by atoms with Crippen LogP contribution in [0.1, 0.15) is 29.2 Å². The average molecular weight is 422 g/mol. The highest BCUT2D eigenvalue weighted by Gasteiger charge is 2.35. The Morgan fingerprint density at radius 3 is 2.70 bits per heavy atom. The number of aliphatic carboxylic acids is 1. The number of hydrogen-bond acceptors (Lipinski definition) is 4. The molecule has 1 aliphatic rings. The quantitative estimate of drug-likeness (QED) is 0.541. The molecule has 2 atom stereocenters. The molecule has 0 saturated heterocycles. The van der Waals surface area contributed by atoms with Crippen LogP contribution in [-0.2, 0) is 17.6 Å². The van der Waals surface area contributed by atoms with Gasteiger partial charge >= 0.3 is 12.0 Å². The fourth-order valence-corrected chi connectivity index (χ4v) is 4.76. The Hall–Kier alpha value is -3.19. The maximum atomic E-state index is 12.3. The zero-order valence-corrected chi connectivity index (χ0v) is 17.2. The van der Waals surface area contributed by atoms with Gasteiger partial charge < -0.3 is 15.7 Å². The van der Waals surface area contributed by atoms with E-state index >= 15 is 0 Å². The number of fused-ring (bicyclic) bond motifs is 1. The van der Waals surface area contributed by atoms with Crippen molar-refractivity contribution in [2.75, 3.05) is 6.54 Å². The van der Waals surface area contributed by atoms with Gasteiger partial charge in [0.1, 0.15) is 11.0 Å². The summed E-state index contributed by atoms with van der Waals surface area (Å²) in [5, 5.41) is 18.0. The fraction of sp³-hybridized carbons (Fsp3) is 0.261. The zero-order valence-electron chi connectivity index (χ0n) is 16.4. The number of carbonyl (C=O) groups excluding carboxylic acids is 1. The highest BCUT2D eigenvalue weighted by Crippen LogP contribution is 2.35. The summed E-state index contributed by atoms with van der Waals surface area (Å²) < 4.78 is 0. The first kappa shape index (κ1) is 20.1. The summed E-state index contributed by atoms with van der Waals surface area (Å²) in [5.74, 6) is -1.23. The van der Waals surface area contributed by atoms with Gasteiger partial charge in [0.05, 0.1) is 5.69 Å². The number of carboxylic acid groups (broad SMARTS) is 1. The summed E-state index contributed by atoms with van der Waals surface area (Å²) in [7, 11) is 0. The van der Waals surface area contributed by atoms with Crippen LogP contribution in [0.2, 0.25) is 0 Å². The van der Waals surface area contributed by atoms with E-state index < -0.39 is 18.0 Å². The molecule has 2 aromatic carbocycles. The van der Waals surface area contributed by atoms with Crippen molar-refractivity contribution >= 4 is 23.3 Å². The molecule has 4 rings (SSSR count). The van der Waals surface area contributed by atoms with Gasteiger partial charge in [0.15, 0.2) is 0 Å². The minimum Gasteiger partial charge on any atom is -0.480 e. The monoisotopic (exact) mass is 421 g/mol. The second-order valence-electron chi connectivity index (χ2n) is 7.32. The standard InChI is InChI=1S/C23H23N3O3S/c27-22(28)20(19-11-10-15-6-4-5-9-18(15)19)26-23(29)24-13-12-17-14-30-21(25-17)16-7-2-1-3-8-16/h1-9,14,19-20H,10-13H2,(H,27,28)(H2,24,26,29). The van der Waals surface area contributed by atoms with Crippen molar-refractivity contribution in [2.45, 2.75) is 31.2 Å². The summed E-state index contributed by atoms with van der Waals surface area (Å²) in [6.07, 6.45) is 2.14. The first-order valence-corrected chi connectivity index (χ1v) is 10.8. The predicted molar refractivity (Wildman–Crippen MR) is 117 cm³/mol. The van der Waals surface area contributed by atoms with Crippen molar-refractivity contribution in [3.63, 3.8) is 0 Å². The van der Waals surface area contributed by atoms with E-state index in [1.807, 2.05) is 60.0 Å². The number of aryl methyl sites for hydroxylation is 1. The first-order chi connectivity index (χ1) is 14.6. The van der Waals surface area contributed by atoms with E-state index in [1.165, 1.54) is 0 Å². The van der Waals surface area contributed by atoms with Crippen LogP contribution in [-0.4, -0.2) is 34.7 Å². The molecule has 0 spiro atoms. The summed E-state index contributed by atoms with van der Waals surface area (Å²) in [6.45, 7) is 0.386. The van der Waals surface area contributed by atoms with E-state index in [1.54, 1.807) is 11.3 Å². The Morgan fingerprint density at radius 1 is 1.13 bits per heavy atom. The molecule has 2 unspecified atom stereocenters. The number of hydrogen-bond donors (Lipinski definition) is 3. The van der Waals surface area contributed by atoms with Gasteiger partial charge in [-0.25, -0.2) is 14.6 Å². The molecule has 0 aliphatic heterocycles. The van der Waals surface area contributed by atoms with Crippen molar-refractivity contribution in [1.82, 2.24) is 15.6 Å². The first-order valence-electron chi connectivity index (χ1n) is 9.96. The molecule has 30 heavy (non-hydrogen) atoms. The van der Waals surface area contributed by atoms with E-state index in [9.17, 15) is 14.7 Å². The van der Waals surface area contributed by atoms with Gasteiger partial charge in [0.2, 0.25) is 0 Å². The summed E-state index contributed by atoms with van der Waals surface area (Å²) >= 11 is 1.57. The molecule has 6 nitrogen and oxygen atoms in total. The van der Waals surface area contributed by atoms with Crippen molar-refractivity contribution in [2.24, 2.45) is 0 Å². The fourth-order valence-electron chi connectivity index (χ4n) is 3.90. The van der Waals surface area contributed by atoms with Crippen LogP contribution < -0.4 is 10.6 Å². The second kappa shape index (κ2) is 9.09. The van der Waals surface area contributed by atoms with E-state index in [0.29, 0.717) is 13.0 Å². The maximum Gasteiger partial charge on any atom is 0.326 e. The van der Waals surface area contributed by atoms with E-state index in [0.717, 1.165) is 40.2 Å². The van der Waals surface area contributed by atoms with Crippen molar-refractivity contribution in [1.29, 1.82) is 0 Å². The van der Waals surface area contributed by atoms with Crippen LogP contribution in [0.5, 0.6) is 0 Å². The number of thiazole rings is 1. The third kappa shape index (κ3) is 4.52. The number of benzene rings is 2. The number of amides is 2. The van der Waals surface area contributed by atoms with Crippen LogP contribution in [0.4, 0.5) is 4.79 Å². The third-order valence-electron chi connectivity index (χ3n) is 5.37. The van der Waals surface area contributed by atoms with Crippen molar-refractivity contribution in [3.05, 3.63) is 76.8 Å². The molecule has 3 N–H and O–H groups in total. The normalized spacial score (nSPS) is 15.9. The zero-order chi connectivity index (χ0) is 20.9. The Balaban J connectivity index is 1.31. The predicted octanol–water partition coefficient (Wildman–Crippen LogP) is 3.84. The van der Waals surface area contributed by atoms with Gasteiger partial charge in [-0.05, 0) is 24.0 Å². The lowest BCUT2D eigenvalue weighted by molar-refractivity contribution is -0.139. The molecule has 1 aliphatic carbocycles. The van der Waals surface area contributed by atoms with Crippen LogP contribution in [0.15, 0.2) is 60.0 Å². The van der Waals surface area contributed by atoms with E-state index in [-0.39, 0.29) is 5.92 Å². The van der Waals surface area contributed by atoms with Gasteiger partial charge in [0, 0.05) is 29.8 Å². The number of carboxylic acids is 1. The summed E-state index contributed by atoms with van der Waals surface area (Å²) in [4.78, 5) is 28.8. The van der Waals surface area contributed by atoms with E-state index in [4.69, 9.17) is 0 Å². The number of urea groups is 1. The lowest BCUT2D eigenvalue weighted by Crippen LogP contribution is -2.49. The molecule has 1 aromatic heterocycles. The van der Waals surface area contributed by atoms with Gasteiger partial charge in [-0.3, -0.25) is 0 Å². The Labute approximate surface area is 179 Å². The van der Waals surface area contributed by atoms with Gasteiger partial charge in [0.25, 0.3) is 0 Å². The number of rotatable bonds is 7. The molecule has 0 radical (unpaired) electrons. The smallest absolute Gasteiger partial charge is 0.326 e. The highest BCUT2D eigenvalue weighted by molar-refractivity contribution is 7.13. The minimum atomic E-state index is -1.01. The van der Waals surface area contributed by atoms with Crippen molar-refractivity contribution < 1.29 is 14.7 Å². The molecule has 7 heteroatoms. The number of nitrogens with one attached hydrogen (secondary N) is 2. The van der Waals surface area contributed by atoms with Crippen LogP contribution in [0.25, 0.3) is 10.6 Å². The van der Waals surface area contributed by atoms with Crippen molar-refractivity contribution in [3.8, 4) is 10.6 Å². The molecule has 2 amide bonds. The summed E-state index contributed by atoms with van der Waals surface area (Å²) in [5.41, 5.74) is 4.15. The molecule has 0 saturated carbocycles. The molecular weight excluding hydrogens is 398 g/mol. The largest absolute Gasteiger partial charge is 0.480 e.